The minimum absolute atomic E-state index is 0.110. The lowest BCUT2D eigenvalue weighted by Gasteiger charge is -2.26. The SMILES string of the molecule is C[C@H]1C(=O)NC[C@@H](OCc2ccccc2)CN1S(=O)(=O)c1ccccc1[N+](=O)[O-]. The van der Waals surface area contributed by atoms with E-state index in [0.29, 0.717) is 0 Å². The van der Waals surface area contributed by atoms with E-state index in [1.165, 1.54) is 25.1 Å². The highest BCUT2D eigenvalue weighted by atomic mass is 32.2. The van der Waals surface area contributed by atoms with Gasteiger partial charge in [-0.25, -0.2) is 8.42 Å². The Morgan fingerprint density at radius 1 is 1.17 bits per heavy atom. The van der Waals surface area contributed by atoms with Crippen LogP contribution in [0.1, 0.15) is 12.5 Å². The summed E-state index contributed by atoms with van der Waals surface area (Å²) in [5, 5.41) is 14.0. The Balaban J connectivity index is 1.88. The first-order chi connectivity index (χ1) is 13.8. The molecule has 0 aliphatic carbocycles. The summed E-state index contributed by atoms with van der Waals surface area (Å²) in [4.78, 5) is 22.4. The summed E-state index contributed by atoms with van der Waals surface area (Å²) < 4.78 is 33.2. The summed E-state index contributed by atoms with van der Waals surface area (Å²) in [6.07, 6.45) is -0.610. The fourth-order valence-corrected chi connectivity index (χ4v) is 4.86. The van der Waals surface area contributed by atoms with Crippen LogP contribution >= 0.6 is 0 Å². The van der Waals surface area contributed by atoms with Crippen LogP contribution in [0.2, 0.25) is 0 Å². The molecule has 0 saturated carbocycles. The van der Waals surface area contributed by atoms with Gasteiger partial charge in [-0.1, -0.05) is 42.5 Å². The van der Waals surface area contributed by atoms with Crippen molar-refractivity contribution in [3.63, 3.8) is 0 Å². The standard InChI is InChI=1S/C19H21N3O6S/c1-14-19(23)20-11-16(28-13-15-7-3-2-4-8-15)12-21(14)29(26,27)18-10-6-5-9-17(18)22(24)25/h2-10,14,16H,11-13H2,1H3,(H,20,23)/t14-,16+/m0/s1. The largest absolute Gasteiger partial charge is 0.370 e. The molecular formula is C19H21N3O6S. The number of hydrogen-bond donors (Lipinski definition) is 1. The molecule has 3 rings (SSSR count). The third-order valence-corrected chi connectivity index (χ3v) is 6.66. The van der Waals surface area contributed by atoms with E-state index < -0.39 is 43.6 Å². The Hall–Kier alpha value is -2.82. The molecule has 1 amide bonds. The first-order valence-corrected chi connectivity index (χ1v) is 10.4. The van der Waals surface area contributed by atoms with Gasteiger partial charge in [-0.15, -0.1) is 0 Å². The minimum atomic E-state index is -4.31. The van der Waals surface area contributed by atoms with Crippen molar-refractivity contribution in [2.45, 2.75) is 30.6 Å². The molecule has 1 fully saturated rings. The van der Waals surface area contributed by atoms with Crippen molar-refractivity contribution in [3.05, 3.63) is 70.3 Å². The van der Waals surface area contributed by atoms with Crippen LogP contribution in [0.25, 0.3) is 0 Å². The Morgan fingerprint density at radius 2 is 1.83 bits per heavy atom. The number of nitrogens with zero attached hydrogens (tertiary/aromatic N) is 2. The molecule has 1 heterocycles. The predicted octanol–water partition coefficient (Wildman–Crippen LogP) is 1.69. The van der Waals surface area contributed by atoms with Crippen LogP contribution in [0.15, 0.2) is 59.5 Å². The van der Waals surface area contributed by atoms with Crippen LogP contribution in [0.5, 0.6) is 0 Å². The van der Waals surface area contributed by atoms with Crippen molar-refractivity contribution in [1.82, 2.24) is 9.62 Å². The molecule has 0 bridgehead atoms. The second kappa shape index (κ2) is 8.68. The average molecular weight is 419 g/mol. The number of sulfonamides is 1. The molecule has 154 valence electrons. The lowest BCUT2D eigenvalue weighted by molar-refractivity contribution is -0.387. The van der Waals surface area contributed by atoms with Gasteiger partial charge in [-0.3, -0.25) is 14.9 Å². The highest BCUT2D eigenvalue weighted by Gasteiger charge is 2.40. The summed E-state index contributed by atoms with van der Waals surface area (Å²) in [5.41, 5.74) is 0.371. The molecule has 1 aliphatic rings. The Morgan fingerprint density at radius 3 is 2.52 bits per heavy atom. The summed E-state index contributed by atoms with van der Waals surface area (Å²) in [5.74, 6) is -0.488. The smallest absolute Gasteiger partial charge is 0.289 e. The van der Waals surface area contributed by atoms with Crippen LogP contribution in [0.3, 0.4) is 0 Å². The van der Waals surface area contributed by atoms with Gasteiger partial charge in [0.1, 0.15) is 6.04 Å². The second-order valence-electron chi connectivity index (χ2n) is 6.64. The number of para-hydroxylation sites is 1. The van der Waals surface area contributed by atoms with Gasteiger partial charge >= 0.3 is 0 Å². The molecule has 2 aromatic rings. The van der Waals surface area contributed by atoms with Crippen LogP contribution in [0, 0.1) is 10.1 Å². The summed E-state index contributed by atoms with van der Waals surface area (Å²) >= 11 is 0. The van der Waals surface area contributed by atoms with E-state index in [1.54, 1.807) is 0 Å². The van der Waals surface area contributed by atoms with Crippen molar-refractivity contribution in [2.24, 2.45) is 0 Å². The van der Waals surface area contributed by atoms with Crippen LogP contribution in [-0.4, -0.2) is 48.8 Å². The molecule has 1 aliphatic heterocycles. The van der Waals surface area contributed by atoms with E-state index in [4.69, 9.17) is 4.74 Å². The number of hydrogen-bond acceptors (Lipinski definition) is 6. The first kappa shape index (κ1) is 20.9. The minimum Gasteiger partial charge on any atom is -0.370 e. The zero-order valence-electron chi connectivity index (χ0n) is 15.7. The van der Waals surface area contributed by atoms with E-state index in [0.717, 1.165) is 15.9 Å². The number of carbonyl (C=O) groups excluding carboxylic acids is 1. The molecule has 0 spiro atoms. The molecule has 0 radical (unpaired) electrons. The van der Waals surface area contributed by atoms with Crippen molar-refractivity contribution >= 4 is 21.6 Å². The first-order valence-electron chi connectivity index (χ1n) is 8.99. The number of rotatable bonds is 6. The van der Waals surface area contributed by atoms with Crippen LogP contribution in [0.4, 0.5) is 5.69 Å². The molecule has 2 atom stereocenters. The Bertz CT molecular complexity index is 996. The number of amides is 1. The predicted molar refractivity (Wildman–Crippen MR) is 104 cm³/mol. The topological polar surface area (TPSA) is 119 Å². The van der Waals surface area contributed by atoms with Gasteiger partial charge in [0.25, 0.3) is 15.7 Å². The van der Waals surface area contributed by atoms with Gasteiger partial charge in [-0.2, -0.15) is 4.31 Å². The maximum Gasteiger partial charge on any atom is 0.289 e. The summed E-state index contributed by atoms with van der Waals surface area (Å²) in [7, 11) is -4.31. The van der Waals surface area contributed by atoms with Gasteiger partial charge in [-0.05, 0) is 18.6 Å². The third-order valence-electron chi connectivity index (χ3n) is 4.68. The molecule has 0 unspecified atom stereocenters. The highest BCUT2D eigenvalue weighted by Crippen LogP contribution is 2.28. The van der Waals surface area contributed by atoms with E-state index in [9.17, 15) is 23.3 Å². The molecule has 29 heavy (non-hydrogen) atoms. The summed E-state index contributed by atoms with van der Waals surface area (Å²) in [6.45, 7) is 1.72. The number of benzene rings is 2. The molecule has 1 N–H and O–H groups in total. The highest BCUT2D eigenvalue weighted by molar-refractivity contribution is 7.89. The summed E-state index contributed by atoms with van der Waals surface area (Å²) in [6, 6.07) is 13.4. The van der Waals surface area contributed by atoms with E-state index in [2.05, 4.69) is 5.32 Å². The fourth-order valence-electron chi connectivity index (χ4n) is 3.07. The quantitative estimate of drug-likeness (QED) is 0.562. The zero-order chi connectivity index (χ0) is 21.0. The van der Waals surface area contributed by atoms with Crippen molar-refractivity contribution in [2.75, 3.05) is 13.1 Å². The Kier molecular flexibility index (Phi) is 6.26. The van der Waals surface area contributed by atoms with Crippen LogP contribution < -0.4 is 5.32 Å². The molecule has 2 aromatic carbocycles. The average Bonchev–Trinajstić information content (AvgIpc) is 2.86. The maximum absolute atomic E-state index is 13.2. The monoisotopic (exact) mass is 419 g/mol. The van der Waals surface area contributed by atoms with E-state index in [-0.39, 0.29) is 19.7 Å². The van der Waals surface area contributed by atoms with Gasteiger partial charge in [0, 0.05) is 19.2 Å². The number of nitro benzene ring substituents is 1. The number of nitro groups is 1. The van der Waals surface area contributed by atoms with Crippen molar-refractivity contribution < 1.29 is 22.9 Å². The normalized spacial score (nSPS) is 20.7. The lowest BCUT2D eigenvalue weighted by atomic mass is 10.2. The molecule has 10 heteroatoms. The maximum atomic E-state index is 13.2. The third kappa shape index (κ3) is 4.61. The lowest BCUT2D eigenvalue weighted by Crippen LogP contribution is -2.46. The van der Waals surface area contributed by atoms with E-state index >= 15 is 0 Å². The van der Waals surface area contributed by atoms with Crippen molar-refractivity contribution in [3.8, 4) is 0 Å². The van der Waals surface area contributed by atoms with Crippen molar-refractivity contribution in [1.29, 1.82) is 0 Å². The second-order valence-corrected chi connectivity index (χ2v) is 8.50. The van der Waals surface area contributed by atoms with Gasteiger partial charge < -0.3 is 10.1 Å². The molecular weight excluding hydrogens is 398 g/mol. The molecule has 9 nitrogen and oxygen atoms in total. The van der Waals surface area contributed by atoms with Gasteiger partial charge in [0.2, 0.25) is 5.91 Å². The van der Waals surface area contributed by atoms with E-state index in [1.807, 2.05) is 30.3 Å². The van der Waals surface area contributed by atoms with Gasteiger partial charge in [0.05, 0.1) is 17.6 Å². The number of ether oxygens (including phenoxy) is 1. The van der Waals surface area contributed by atoms with Gasteiger partial charge in [0.15, 0.2) is 4.90 Å². The number of carbonyl (C=O) groups is 1. The number of nitrogens with one attached hydrogen (secondary N) is 1. The van der Waals surface area contributed by atoms with Crippen LogP contribution in [-0.2, 0) is 26.2 Å². The fraction of sp³-hybridized carbons (Fsp3) is 0.316. The zero-order valence-corrected chi connectivity index (χ0v) is 16.5. The molecule has 1 saturated heterocycles. The molecule has 0 aromatic heterocycles. The Labute approximate surface area is 168 Å².